The molecule has 0 unspecified atom stereocenters. The fraction of sp³-hybridized carbons (Fsp3) is 0.708. The summed E-state index contributed by atoms with van der Waals surface area (Å²) < 4.78 is 11.5. The van der Waals surface area contributed by atoms with Crippen LogP contribution >= 0.6 is 0 Å². The second kappa shape index (κ2) is 14.6. The Labute approximate surface area is 190 Å². The van der Waals surface area contributed by atoms with Crippen LogP contribution < -0.4 is 5.43 Å². The highest BCUT2D eigenvalue weighted by molar-refractivity contribution is 6.74. The Morgan fingerprint density at radius 2 is 1.65 bits per heavy atom. The Hall–Kier alpha value is -1.41. The minimum atomic E-state index is -1.61. The van der Waals surface area contributed by atoms with Gasteiger partial charge in [0.05, 0.1) is 13.2 Å². The smallest absolute Gasteiger partial charge is 0.424 e. The summed E-state index contributed by atoms with van der Waals surface area (Å²) in [6.07, 6.45) is 6.35. The highest BCUT2D eigenvalue weighted by atomic mass is 28.4. The highest BCUT2D eigenvalue weighted by Gasteiger charge is 2.36. The summed E-state index contributed by atoms with van der Waals surface area (Å²) in [7, 11) is -1.61. The molecule has 1 amide bonds. The molecule has 0 spiro atoms. The number of unbranched alkanes of at least 4 members (excludes halogenated alkanes) is 5. The summed E-state index contributed by atoms with van der Waals surface area (Å²) >= 11 is 0. The second-order valence-electron chi connectivity index (χ2n) is 9.55. The fourth-order valence-corrected chi connectivity index (χ4v) is 3.91. The van der Waals surface area contributed by atoms with Gasteiger partial charge in [-0.2, -0.15) is 0 Å². The van der Waals surface area contributed by atoms with Crippen molar-refractivity contribution in [3.8, 4) is 0 Å². The molecule has 7 heteroatoms. The minimum absolute atomic E-state index is 0.107. The molecule has 1 aromatic carbocycles. The van der Waals surface area contributed by atoms with Crippen molar-refractivity contribution in [2.24, 2.45) is 0 Å². The van der Waals surface area contributed by atoms with E-state index in [9.17, 15) is 9.90 Å². The number of benzene rings is 1. The van der Waals surface area contributed by atoms with Crippen LogP contribution in [0.4, 0.5) is 4.79 Å². The molecule has 0 aliphatic carbocycles. The summed E-state index contributed by atoms with van der Waals surface area (Å²) in [5.41, 5.74) is 4.02. The molecule has 0 radical (unpaired) electrons. The van der Waals surface area contributed by atoms with Crippen LogP contribution in [0.25, 0.3) is 0 Å². The van der Waals surface area contributed by atoms with E-state index in [-0.39, 0.29) is 24.8 Å². The van der Waals surface area contributed by atoms with Gasteiger partial charge in [-0.15, -0.1) is 0 Å². The first-order valence-corrected chi connectivity index (χ1v) is 14.5. The van der Waals surface area contributed by atoms with Gasteiger partial charge in [0.2, 0.25) is 0 Å². The highest BCUT2D eigenvalue weighted by Crippen LogP contribution is 2.36. The molecule has 0 bridgehead atoms. The molecule has 31 heavy (non-hydrogen) atoms. The molecule has 0 fully saturated rings. The molecule has 0 saturated heterocycles. The van der Waals surface area contributed by atoms with Crippen LogP contribution in [0.15, 0.2) is 30.3 Å². The maximum Gasteiger partial charge on any atom is 0.424 e. The number of aliphatic hydroxyl groups is 1. The lowest BCUT2D eigenvalue weighted by atomic mass is 10.1. The molecule has 6 nitrogen and oxygen atoms in total. The lowest BCUT2D eigenvalue weighted by Crippen LogP contribution is -2.45. The van der Waals surface area contributed by atoms with E-state index in [4.69, 9.17) is 9.16 Å². The van der Waals surface area contributed by atoms with Gasteiger partial charge < -0.3 is 14.3 Å². The standard InChI is InChI=1S/C24H44N2O4Si/c1-24(2,3)31(4,5)30-20-14-9-7-6-8-13-17-25-26(18-19-27)23(28)29-21-22-15-11-10-12-16-22/h10-12,15-16,25,27H,6-9,13-14,17-21H2,1-5H3. The predicted octanol–water partition coefficient (Wildman–Crippen LogP) is 5.48. The first kappa shape index (κ1) is 27.6. The van der Waals surface area contributed by atoms with E-state index < -0.39 is 14.4 Å². The third-order valence-electron chi connectivity index (χ3n) is 5.89. The van der Waals surface area contributed by atoms with Crippen molar-refractivity contribution in [1.29, 1.82) is 0 Å². The Balaban J connectivity index is 2.10. The van der Waals surface area contributed by atoms with Crippen LogP contribution in [0, 0.1) is 0 Å². The maximum atomic E-state index is 12.2. The van der Waals surface area contributed by atoms with E-state index in [0.29, 0.717) is 6.54 Å². The number of ether oxygens (including phenoxy) is 1. The molecule has 0 atom stereocenters. The third-order valence-corrected chi connectivity index (χ3v) is 10.4. The number of hydrogen-bond acceptors (Lipinski definition) is 5. The van der Waals surface area contributed by atoms with Crippen molar-refractivity contribution >= 4 is 14.4 Å². The molecular formula is C24H44N2O4Si. The van der Waals surface area contributed by atoms with Crippen molar-refractivity contribution in [3.63, 3.8) is 0 Å². The Morgan fingerprint density at radius 1 is 1.03 bits per heavy atom. The average molecular weight is 453 g/mol. The van der Waals surface area contributed by atoms with Crippen LogP contribution in [-0.2, 0) is 15.8 Å². The lowest BCUT2D eigenvalue weighted by molar-refractivity contribution is 0.0677. The normalized spacial score (nSPS) is 12.1. The van der Waals surface area contributed by atoms with E-state index >= 15 is 0 Å². The first-order valence-electron chi connectivity index (χ1n) is 11.6. The topological polar surface area (TPSA) is 71.0 Å². The summed E-state index contributed by atoms with van der Waals surface area (Å²) in [4.78, 5) is 12.2. The summed E-state index contributed by atoms with van der Waals surface area (Å²) in [5.74, 6) is 0. The van der Waals surface area contributed by atoms with E-state index in [0.717, 1.165) is 31.4 Å². The number of nitrogens with zero attached hydrogens (tertiary/aromatic N) is 1. The summed E-state index contributed by atoms with van der Waals surface area (Å²) in [6, 6.07) is 9.57. The van der Waals surface area contributed by atoms with Gasteiger partial charge in [-0.3, -0.25) is 0 Å². The SMILES string of the molecule is CC(C)(C)[Si](C)(C)OCCCCCCCCNN(CCO)C(=O)OCc1ccccc1. The largest absolute Gasteiger partial charge is 0.444 e. The average Bonchev–Trinajstić information content (AvgIpc) is 2.72. The first-order chi connectivity index (χ1) is 14.7. The van der Waals surface area contributed by atoms with Crippen LogP contribution in [0.2, 0.25) is 18.1 Å². The molecule has 0 aliphatic heterocycles. The molecule has 0 saturated carbocycles. The Bertz CT molecular complexity index is 605. The zero-order chi connectivity index (χ0) is 23.2. The molecule has 1 aromatic rings. The second-order valence-corrected chi connectivity index (χ2v) is 14.4. The molecule has 178 valence electrons. The molecule has 0 aromatic heterocycles. The number of rotatable bonds is 15. The third kappa shape index (κ3) is 11.7. The minimum Gasteiger partial charge on any atom is -0.444 e. The summed E-state index contributed by atoms with van der Waals surface area (Å²) in [5, 5.41) is 10.8. The molecule has 0 aliphatic rings. The van der Waals surface area contributed by atoms with Crippen molar-refractivity contribution in [1.82, 2.24) is 10.4 Å². The van der Waals surface area contributed by atoms with E-state index in [1.807, 2.05) is 30.3 Å². The maximum absolute atomic E-state index is 12.2. The number of amides is 1. The number of carbonyl (C=O) groups excluding carboxylic acids is 1. The van der Waals surface area contributed by atoms with Gasteiger partial charge in [0.1, 0.15) is 6.61 Å². The summed E-state index contributed by atoms with van der Waals surface area (Å²) in [6.45, 7) is 13.3. The number of hydrazine groups is 1. The van der Waals surface area contributed by atoms with Crippen molar-refractivity contribution < 1.29 is 19.1 Å². The van der Waals surface area contributed by atoms with Gasteiger partial charge in [0.25, 0.3) is 0 Å². The van der Waals surface area contributed by atoms with Gasteiger partial charge in [0.15, 0.2) is 8.32 Å². The van der Waals surface area contributed by atoms with Crippen molar-refractivity contribution in [2.75, 3.05) is 26.3 Å². The number of hydrogen-bond donors (Lipinski definition) is 2. The van der Waals surface area contributed by atoms with Gasteiger partial charge in [0, 0.05) is 13.2 Å². The Morgan fingerprint density at radius 3 is 2.26 bits per heavy atom. The van der Waals surface area contributed by atoms with E-state index in [1.165, 1.54) is 24.3 Å². The van der Waals surface area contributed by atoms with Gasteiger partial charge in [-0.1, -0.05) is 76.8 Å². The van der Waals surface area contributed by atoms with Crippen LogP contribution in [0.3, 0.4) is 0 Å². The number of nitrogens with one attached hydrogen (secondary N) is 1. The van der Waals surface area contributed by atoms with E-state index in [2.05, 4.69) is 39.3 Å². The van der Waals surface area contributed by atoms with Crippen LogP contribution in [0.5, 0.6) is 0 Å². The Kier molecular flexibility index (Phi) is 13.0. The quantitative estimate of drug-likeness (QED) is 0.209. The van der Waals surface area contributed by atoms with Crippen molar-refractivity contribution in [2.45, 2.75) is 84.0 Å². The monoisotopic (exact) mass is 452 g/mol. The number of aliphatic hydroxyl groups excluding tert-OH is 1. The van der Waals surface area contributed by atoms with Crippen molar-refractivity contribution in [3.05, 3.63) is 35.9 Å². The van der Waals surface area contributed by atoms with Gasteiger partial charge in [-0.05, 0) is 36.5 Å². The van der Waals surface area contributed by atoms with Crippen LogP contribution in [-0.4, -0.2) is 50.8 Å². The van der Waals surface area contributed by atoms with Gasteiger partial charge >= 0.3 is 6.09 Å². The zero-order valence-corrected chi connectivity index (χ0v) is 21.3. The number of carbonyl (C=O) groups is 1. The predicted molar refractivity (Wildman–Crippen MR) is 129 cm³/mol. The zero-order valence-electron chi connectivity index (χ0n) is 20.3. The lowest BCUT2D eigenvalue weighted by Gasteiger charge is -2.36. The molecular weight excluding hydrogens is 408 g/mol. The molecule has 2 N–H and O–H groups in total. The molecule has 1 rings (SSSR count). The fourth-order valence-electron chi connectivity index (χ4n) is 2.82. The van der Waals surface area contributed by atoms with E-state index in [1.54, 1.807) is 0 Å². The van der Waals surface area contributed by atoms with Crippen LogP contribution in [0.1, 0.15) is 64.9 Å². The molecule has 0 heterocycles. The van der Waals surface area contributed by atoms with Gasteiger partial charge in [-0.25, -0.2) is 15.2 Å².